The van der Waals surface area contributed by atoms with Gasteiger partial charge in [-0.25, -0.2) is 18.1 Å². The summed E-state index contributed by atoms with van der Waals surface area (Å²) < 4.78 is 31.2. The van der Waals surface area contributed by atoms with Crippen molar-refractivity contribution in [2.45, 2.75) is 37.6 Å². The number of nitrogens with zero attached hydrogens (tertiary/aromatic N) is 4. The number of para-hydroxylation sites is 1. The predicted molar refractivity (Wildman–Crippen MR) is 113 cm³/mol. The molecule has 8 heteroatoms. The van der Waals surface area contributed by atoms with Crippen molar-refractivity contribution in [3.8, 4) is 22.9 Å². The molecule has 2 aliphatic rings. The van der Waals surface area contributed by atoms with Crippen LogP contribution in [0.4, 0.5) is 0 Å². The molecule has 0 spiro atoms. The minimum absolute atomic E-state index is 0.00202. The van der Waals surface area contributed by atoms with E-state index in [0.29, 0.717) is 23.2 Å². The van der Waals surface area contributed by atoms with Gasteiger partial charge in [0.15, 0.2) is 9.84 Å². The summed E-state index contributed by atoms with van der Waals surface area (Å²) >= 11 is 0. The van der Waals surface area contributed by atoms with Gasteiger partial charge in [-0.15, -0.1) is 5.10 Å². The number of aromatic nitrogens is 4. The van der Waals surface area contributed by atoms with E-state index in [-0.39, 0.29) is 11.8 Å². The minimum atomic E-state index is -3.17. The van der Waals surface area contributed by atoms with Crippen LogP contribution in [0.1, 0.15) is 43.3 Å². The van der Waals surface area contributed by atoms with E-state index in [1.165, 1.54) is 18.2 Å². The van der Waals surface area contributed by atoms with Gasteiger partial charge in [0.05, 0.1) is 23.6 Å². The maximum atomic E-state index is 11.7. The van der Waals surface area contributed by atoms with Crippen molar-refractivity contribution >= 4 is 9.84 Å². The molecule has 5 rings (SSSR count). The van der Waals surface area contributed by atoms with E-state index in [9.17, 15) is 8.42 Å². The van der Waals surface area contributed by atoms with Crippen LogP contribution >= 0.6 is 0 Å². The maximum Gasteiger partial charge on any atom is 0.229 e. The second-order valence-electron chi connectivity index (χ2n) is 7.79. The summed E-state index contributed by atoms with van der Waals surface area (Å²) in [5.74, 6) is 1.66. The first kappa shape index (κ1) is 19.0. The quantitative estimate of drug-likeness (QED) is 0.610. The third-order valence-corrected chi connectivity index (χ3v) is 7.03. The van der Waals surface area contributed by atoms with Crippen molar-refractivity contribution in [1.82, 2.24) is 20.0 Å². The Morgan fingerprint density at radius 2 is 1.83 bits per heavy atom. The van der Waals surface area contributed by atoms with Gasteiger partial charge in [0, 0.05) is 17.0 Å². The van der Waals surface area contributed by atoms with Crippen LogP contribution in [0.25, 0.3) is 11.3 Å². The summed E-state index contributed by atoms with van der Waals surface area (Å²) in [5, 5.41) is 9.67. The first-order valence-electron chi connectivity index (χ1n) is 10.1. The molecule has 0 amide bonds. The predicted octanol–water partition coefficient (Wildman–Crippen LogP) is 4.27. The minimum Gasteiger partial charge on any atom is -0.438 e. The Kier molecular flexibility index (Phi) is 4.86. The van der Waals surface area contributed by atoms with Crippen molar-refractivity contribution in [2.24, 2.45) is 0 Å². The fourth-order valence-electron chi connectivity index (χ4n) is 4.06. The molecule has 30 heavy (non-hydrogen) atoms. The molecule has 154 valence electrons. The van der Waals surface area contributed by atoms with Crippen molar-refractivity contribution in [2.75, 3.05) is 5.75 Å². The lowest BCUT2D eigenvalue weighted by Crippen LogP contribution is -2.12. The largest absolute Gasteiger partial charge is 0.438 e. The topological polar surface area (TPSA) is 87.0 Å². The zero-order chi connectivity index (χ0) is 20.6. The van der Waals surface area contributed by atoms with E-state index in [1.54, 1.807) is 17.0 Å². The molecule has 3 heterocycles. The van der Waals surface area contributed by atoms with Crippen LogP contribution in [-0.2, 0) is 9.84 Å². The molecular formula is C22H22N4O3S. The Morgan fingerprint density at radius 1 is 1.03 bits per heavy atom. The number of benzene rings is 1. The Hall–Kier alpha value is -3.00. The average molecular weight is 423 g/mol. The maximum absolute atomic E-state index is 11.7. The lowest BCUT2D eigenvalue weighted by atomic mass is 10.0. The molecule has 1 atom stereocenters. The number of hydrogen-bond acceptors (Lipinski definition) is 6. The first-order valence-corrected chi connectivity index (χ1v) is 11.9. The Labute approximate surface area is 175 Å². The van der Waals surface area contributed by atoms with Crippen molar-refractivity contribution in [3.05, 3.63) is 65.8 Å². The average Bonchev–Trinajstić information content (AvgIpc) is 3.49. The van der Waals surface area contributed by atoms with Crippen LogP contribution in [0.15, 0.2) is 60.1 Å². The molecule has 0 radical (unpaired) electrons. The van der Waals surface area contributed by atoms with Gasteiger partial charge in [0.25, 0.3) is 0 Å². The summed E-state index contributed by atoms with van der Waals surface area (Å²) in [6.07, 6.45) is 8.15. The molecule has 1 aliphatic carbocycles. The normalized spacial score (nSPS) is 20.6. The monoisotopic (exact) mass is 422 g/mol. The fourth-order valence-corrected chi connectivity index (χ4v) is 5.33. The lowest BCUT2D eigenvalue weighted by Gasteiger charge is -2.14. The Balaban J connectivity index is 1.50. The summed E-state index contributed by atoms with van der Waals surface area (Å²) in [5.41, 5.74) is 2.38. The summed E-state index contributed by atoms with van der Waals surface area (Å²) in [6, 6.07) is 13.2. The smallest absolute Gasteiger partial charge is 0.229 e. The van der Waals surface area contributed by atoms with E-state index in [2.05, 4.69) is 10.3 Å². The van der Waals surface area contributed by atoms with E-state index in [0.717, 1.165) is 24.1 Å². The molecule has 7 nitrogen and oxygen atoms in total. The lowest BCUT2D eigenvalue weighted by molar-refractivity contribution is 0.460. The van der Waals surface area contributed by atoms with E-state index < -0.39 is 9.84 Å². The van der Waals surface area contributed by atoms with E-state index >= 15 is 0 Å². The number of ether oxygens (including phenoxy) is 1. The van der Waals surface area contributed by atoms with Crippen LogP contribution in [0, 0.1) is 0 Å². The number of pyridine rings is 1. The standard InChI is InChI=1S/C22H22N4O3S/c27-30(28)13-12-17(15-30)26-14-21(24-25-26)19-10-11-20(16-6-4-5-7-16)23-22(19)29-18-8-2-1-3-9-18/h1-3,8-14,16-17H,4-7,15H2. The molecule has 1 aromatic carbocycles. The van der Waals surface area contributed by atoms with Gasteiger partial charge in [0.2, 0.25) is 5.88 Å². The number of hydrogen-bond donors (Lipinski definition) is 0. The highest BCUT2D eigenvalue weighted by Gasteiger charge is 2.26. The zero-order valence-electron chi connectivity index (χ0n) is 16.4. The first-order chi connectivity index (χ1) is 14.6. The molecule has 0 N–H and O–H groups in total. The Bertz CT molecular complexity index is 1180. The summed E-state index contributed by atoms with van der Waals surface area (Å²) in [6.45, 7) is 0. The summed E-state index contributed by atoms with van der Waals surface area (Å²) in [4.78, 5) is 4.85. The molecule has 0 saturated heterocycles. The Morgan fingerprint density at radius 3 is 2.57 bits per heavy atom. The van der Waals surface area contributed by atoms with Crippen LogP contribution in [0.2, 0.25) is 0 Å². The van der Waals surface area contributed by atoms with Gasteiger partial charge in [-0.2, -0.15) is 0 Å². The fraction of sp³-hybridized carbons (Fsp3) is 0.318. The second-order valence-corrected chi connectivity index (χ2v) is 9.73. The highest BCUT2D eigenvalue weighted by molar-refractivity contribution is 7.94. The van der Waals surface area contributed by atoms with Gasteiger partial charge in [-0.05, 0) is 43.2 Å². The summed E-state index contributed by atoms with van der Waals surface area (Å²) in [7, 11) is -3.17. The third-order valence-electron chi connectivity index (χ3n) is 5.65. The zero-order valence-corrected chi connectivity index (χ0v) is 17.2. The van der Waals surface area contributed by atoms with Gasteiger partial charge in [0.1, 0.15) is 11.4 Å². The molecule has 1 aliphatic heterocycles. The number of sulfone groups is 1. The van der Waals surface area contributed by atoms with Crippen LogP contribution in [0.5, 0.6) is 11.6 Å². The van der Waals surface area contributed by atoms with Crippen molar-refractivity contribution in [1.29, 1.82) is 0 Å². The van der Waals surface area contributed by atoms with Crippen LogP contribution < -0.4 is 4.74 Å². The van der Waals surface area contributed by atoms with Crippen LogP contribution in [-0.4, -0.2) is 34.1 Å². The molecule has 1 unspecified atom stereocenters. The van der Waals surface area contributed by atoms with Crippen molar-refractivity contribution < 1.29 is 13.2 Å². The third kappa shape index (κ3) is 3.87. The number of allylic oxidation sites excluding steroid dienone is 1. The second kappa shape index (κ2) is 7.68. The highest BCUT2D eigenvalue weighted by atomic mass is 32.2. The van der Waals surface area contributed by atoms with Gasteiger partial charge in [-0.3, -0.25) is 0 Å². The van der Waals surface area contributed by atoms with Gasteiger partial charge >= 0.3 is 0 Å². The van der Waals surface area contributed by atoms with Crippen molar-refractivity contribution in [3.63, 3.8) is 0 Å². The molecule has 3 aromatic rings. The number of rotatable bonds is 5. The highest BCUT2D eigenvalue weighted by Crippen LogP contribution is 2.37. The molecule has 1 fully saturated rings. The van der Waals surface area contributed by atoms with Gasteiger partial charge in [-0.1, -0.05) is 36.3 Å². The molecule has 2 aromatic heterocycles. The van der Waals surface area contributed by atoms with E-state index in [1.807, 2.05) is 42.5 Å². The molecular weight excluding hydrogens is 400 g/mol. The van der Waals surface area contributed by atoms with Crippen LogP contribution in [0.3, 0.4) is 0 Å². The SMILES string of the molecule is O=S1(=O)C=CC(n2cc(-c3ccc(C4CCCC4)nc3Oc3ccccc3)nn2)C1. The van der Waals surface area contributed by atoms with Gasteiger partial charge < -0.3 is 4.74 Å². The molecule has 1 saturated carbocycles. The van der Waals surface area contributed by atoms with E-state index in [4.69, 9.17) is 9.72 Å². The molecule has 0 bridgehead atoms.